The Kier molecular flexibility index (Phi) is 4.90. The van der Waals surface area contributed by atoms with Crippen molar-refractivity contribution in [3.63, 3.8) is 0 Å². The van der Waals surface area contributed by atoms with E-state index in [0.717, 1.165) is 63.7 Å². The standard InChI is InChI=1S/C18H30N6O/c1-22-20-18(19-21-22)24-12-9-16(13-24)14-7-10-23(11-8-14)17(25)15-5-3-2-4-6-15/h14-16H,2-13H2,1H3. The minimum absolute atomic E-state index is 0.315. The van der Waals surface area contributed by atoms with Crippen molar-refractivity contribution in [1.82, 2.24) is 25.1 Å². The summed E-state index contributed by atoms with van der Waals surface area (Å²) in [5, 5.41) is 12.4. The van der Waals surface area contributed by atoms with Gasteiger partial charge in [0.15, 0.2) is 0 Å². The van der Waals surface area contributed by atoms with Gasteiger partial charge in [0.05, 0.1) is 7.05 Å². The molecule has 2 aliphatic heterocycles. The predicted octanol–water partition coefficient (Wildman–Crippen LogP) is 1.86. The first-order valence-corrected chi connectivity index (χ1v) is 9.98. The molecule has 0 bridgehead atoms. The van der Waals surface area contributed by atoms with E-state index in [2.05, 4.69) is 25.2 Å². The number of carbonyl (C=O) groups is 1. The first kappa shape index (κ1) is 16.8. The minimum Gasteiger partial charge on any atom is -0.342 e. The van der Waals surface area contributed by atoms with Gasteiger partial charge >= 0.3 is 0 Å². The summed E-state index contributed by atoms with van der Waals surface area (Å²) in [6, 6.07) is 0. The summed E-state index contributed by atoms with van der Waals surface area (Å²) in [6.07, 6.45) is 9.53. The Morgan fingerprint density at radius 1 is 0.960 bits per heavy atom. The molecule has 1 aromatic heterocycles. The smallest absolute Gasteiger partial charge is 0.266 e. The fourth-order valence-electron chi connectivity index (χ4n) is 4.95. The highest BCUT2D eigenvalue weighted by Crippen LogP contribution is 2.34. The second-order valence-electron chi connectivity index (χ2n) is 8.07. The lowest BCUT2D eigenvalue weighted by Gasteiger charge is -2.37. The SMILES string of the molecule is Cn1nnc(N2CCC(C3CCN(C(=O)C4CCCCC4)CC3)C2)n1. The lowest BCUT2D eigenvalue weighted by Crippen LogP contribution is -2.43. The molecule has 3 heterocycles. The third-order valence-electron chi connectivity index (χ3n) is 6.48. The van der Waals surface area contributed by atoms with E-state index in [1.807, 2.05) is 7.05 Å². The molecule has 1 aliphatic carbocycles. The average molecular weight is 346 g/mol. The fourth-order valence-corrected chi connectivity index (χ4v) is 4.95. The molecule has 1 saturated carbocycles. The quantitative estimate of drug-likeness (QED) is 0.836. The van der Waals surface area contributed by atoms with E-state index in [0.29, 0.717) is 17.7 Å². The van der Waals surface area contributed by atoms with Gasteiger partial charge in [0.25, 0.3) is 5.95 Å². The maximum atomic E-state index is 12.7. The van der Waals surface area contributed by atoms with E-state index in [1.54, 1.807) is 0 Å². The molecule has 25 heavy (non-hydrogen) atoms. The van der Waals surface area contributed by atoms with Gasteiger partial charge < -0.3 is 9.80 Å². The Morgan fingerprint density at radius 3 is 2.36 bits per heavy atom. The van der Waals surface area contributed by atoms with Gasteiger partial charge in [0, 0.05) is 32.1 Å². The molecule has 3 aliphatic rings. The molecule has 1 unspecified atom stereocenters. The van der Waals surface area contributed by atoms with Crippen LogP contribution < -0.4 is 4.90 Å². The van der Waals surface area contributed by atoms with Crippen LogP contribution in [-0.4, -0.2) is 57.2 Å². The molecule has 7 heteroatoms. The van der Waals surface area contributed by atoms with Gasteiger partial charge in [0.1, 0.15) is 0 Å². The number of piperidine rings is 1. The number of amides is 1. The molecule has 3 fully saturated rings. The molecular formula is C18H30N6O. The highest BCUT2D eigenvalue weighted by molar-refractivity contribution is 5.79. The molecule has 1 aromatic rings. The van der Waals surface area contributed by atoms with Crippen molar-refractivity contribution in [1.29, 1.82) is 0 Å². The monoisotopic (exact) mass is 346 g/mol. The molecule has 0 aromatic carbocycles. The number of aryl methyl sites for hydroxylation is 1. The number of anilines is 1. The van der Waals surface area contributed by atoms with Gasteiger partial charge in [-0.1, -0.05) is 24.4 Å². The molecular weight excluding hydrogens is 316 g/mol. The van der Waals surface area contributed by atoms with E-state index in [4.69, 9.17) is 0 Å². The summed E-state index contributed by atoms with van der Waals surface area (Å²) < 4.78 is 0. The number of rotatable bonds is 3. The Hall–Kier alpha value is -1.66. The first-order valence-electron chi connectivity index (χ1n) is 9.98. The van der Waals surface area contributed by atoms with Crippen molar-refractivity contribution in [3.05, 3.63) is 0 Å². The highest BCUT2D eigenvalue weighted by atomic mass is 16.2. The average Bonchev–Trinajstić information content (AvgIpc) is 3.31. The summed E-state index contributed by atoms with van der Waals surface area (Å²) in [7, 11) is 1.81. The zero-order valence-corrected chi connectivity index (χ0v) is 15.3. The number of nitrogens with zero attached hydrogens (tertiary/aromatic N) is 6. The van der Waals surface area contributed by atoms with Crippen LogP contribution in [0, 0.1) is 17.8 Å². The van der Waals surface area contributed by atoms with Crippen LogP contribution in [0.1, 0.15) is 51.4 Å². The lowest BCUT2D eigenvalue weighted by atomic mass is 9.82. The van der Waals surface area contributed by atoms with Gasteiger partial charge in [-0.05, 0) is 49.2 Å². The first-order chi connectivity index (χ1) is 12.2. The van der Waals surface area contributed by atoms with E-state index in [1.165, 1.54) is 30.5 Å². The zero-order valence-electron chi connectivity index (χ0n) is 15.3. The van der Waals surface area contributed by atoms with Gasteiger partial charge in [-0.15, -0.1) is 5.10 Å². The van der Waals surface area contributed by atoms with Crippen LogP contribution in [0.5, 0.6) is 0 Å². The summed E-state index contributed by atoms with van der Waals surface area (Å²) in [4.78, 5) is 18.7. The third kappa shape index (κ3) is 3.65. The Morgan fingerprint density at radius 2 is 1.68 bits per heavy atom. The van der Waals surface area contributed by atoms with E-state index in [9.17, 15) is 4.79 Å². The molecule has 0 spiro atoms. The van der Waals surface area contributed by atoms with Crippen LogP contribution in [-0.2, 0) is 11.8 Å². The van der Waals surface area contributed by atoms with Gasteiger partial charge in [-0.2, -0.15) is 4.80 Å². The van der Waals surface area contributed by atoms with Crippen molar-refractivity contribution >= 4 is 11.9 Å². The molecule has 1 atom stereocenters. The number of hydrogen-bond donors (Lipinski definition) is 0. The number of aromatic nitrogens is 4. The number of likely N-dealkylation sites (tertiary alicyclic amines) is 1. The van der Waals surface area contributed by atoms with E-state index >= 15 is 0 Å². The lowest BCUT2D eigenvalue weighted by molar-refractivity contribution is -0.138. The highest BCUT2D eigenvalue weighted by Gasteiger charge is 2.35. The van der Waals surface area contributed by atoms with Gasteiger partial charge in [-0.3, -0.25) is 4.79 Å². The summed E-state index contributed by atoms with van der Waals surface area (Å²) in [6.45, 7) is 3.98. The molecule has 4 rings (SSSR count). The van der Waals surface area contributed by atoms with E-state index < -0.39 is 0 Å². The molecule has 138 valence electrons. The van der Waals surface area contributed by atoms with Crippen molar-refractivity contribution in [3.8, 4) is 0 Å². The maximum absolute atomic E-state index is 12.7. The molecule has 0 N–H and O–H groups in total. The largest absolute Gasteiger partial charge is 0.342 e. The molecule has 0 radical (unpaired) electrons. The van der Waals surface area contributed by atoms with Crippen LogP contribution in [0.15, 0.2) is 0 Å². The van der Waals surface area contributed by atoms with Crippen LogP contribution in [0.3, 0.4) is 0 Å². The summed E-state index contributed by atoms with van der Waals surface area (Å²) in [5.41, 5.74) is 0. The van der Waals surface area contributed by atoms with Crippen molar-refractivity contribution in [2.75, 3.05) is 31.1 Å². The maximum Gasteiger partial charge on any atom is 0.266 e. The summed E-state index contributed by atoms with van der Waals surface area (Å²) in [5.74, 6) is 2.95. The second kappa shape index (κ2) is 7.30. The third-order valence-corrected chi connectivity index (χ3v) is 6.48. The van der Waals surface area contributed by atoms with Gasteiger partial charge in [0.2, 0.25) is 5.91 Å². The van der Waals surface area contributed by atoms with Crippen LogP contribution in [0.4, 0.5) is 5.95 Å². The van der Waals surface area contributed by atoms with E-state index in [-0.39, 0.29) is 0 Å². The normalized spacial score (nSPS) is 26.4. The van der Waals surface area contributed by atoms with Crippen molar-refractivity contribution in [2.24, 2.45) is 24.8 Å². The molecule has 7 nitrogen and oxygen atoms in total. The molecule has 1 amide bonds. The fraction of sp³-hybridized carbons (Fsp3) is 0.889. The summed E-state index contributed by atoms with van der Waals surface area (Å²) >= 11 is 0. The Bertz CT molecular complexity index is 588. The van der Waals surface area contributed by atoms with Crippen molar-refractivity contribution in [2.45, 2.75) is 51.4 Å². The van der Waals surface area contributed by atoms with Crippen LogP contribution >= 0.6 is 0 Å². The number of tetrazole rings is 1. The van der Waals surface area contributed by atoms with Crippen LogP contribution in [0.2, 0.25) is 0 Å². The van der Waals surface area contributed by atoms with Crippen LogP contribution in [0.25, 0.3) is 0 Å². The Balaban J connectivity index is 1.27. The van der Waals surface area contributed by atoms with Crippen molar-refractivity contribution < 1.29 is 4.79 Å². The molecule has 2 saturated heterocycles. The zero-order chi connectivity index (χ0) is 17.2. The van der Waals surface area contributed by atoms with Gasteiger partial charge in [-0.25, -0.2) is 0 Å². The minimum atomic E-state index is 0.315. The topological polar surface area (TPSA) is 67.2 Å². The Labute approximate surface area is 149 Å². The predicted molar refractivity (Wildman–Crippen MR) is 95.0 cm³/mol. The second-order valence-corrected chi connectivity index (χ2v) is 8.07. The number of hydrogen-bond acceptors (Lipinski definition) is 5. The number of carbonyl (C=O) groups excluding carboxylic acids is 1.